The third kappa shape index (κ3) is 1.87. The number of hydrogen-bond donors (Lipinski definition) is 1. The zero-order valence-corrected chi connectivity index (χ0v) is 14.3. The van der Waals surface area contributed by atoms with E-state index in [-0.39, 0.29) is 0 Å². The minimum absolute atomic E-state index is 0.326. The third-order valence-electron chi connectivity index (χ3n) is 7.91. The minimum Gasteiger partial charge on any atom is -0.295 e. The fourth-order valence-electron chi connectivity index (χ4n) is 6.53. The van der Waals surface area contributed by atoms with E-state index in [2.05, 4.69) is 13.8 Å². The fraction of sp³-hybridized carbons (Fsp3) is 0.842. The van der Waals surface area contributed by atoms with Gasteiger partial charge in [-0.1, -0.05) is 19.4 Å². The lowest BCUT2D eigenvalue weighted by molar-refractivity contribution is -0.117. The van der Waals surface area contributed by atoms with Crippen molar-refractivity contribution in [3.63, 3.8) is 0 Å². The van der Waals surface area contributed by atoms with Crippen molar-refractivity contribution in [1.82, 2.24) is 0 Å². The standard InChI is InChI=1S/C19H28OS/c1-18-9-7-13(20)11-12(18)3-4-14-15-5-6-17(21)19(15,2)10-8-16(14)18/h11,14-17,21H,3-10H2,1-2H3/t14-,15-,16-,17?,18-,19-/m0/s1. The van der Waals surface area contributed by atoms with Gasteiger partial charge in [0.1, 0.15) is 0 Å². The first-order valence-electron chi connectivity index (χ1n) is 8.87. The molecule has 0 aromatic rings. The maximum atomic E-state index is 11.8. The smallest absolute Gasteiger partial charge is 0.155 e. The first-order valence-corrected chi connectivity index (χ1v) is 9.39. The number of thiol groups is 1. The van der Waals surface area contributed by atoms with E-state index in [0.29, 0.717) is 21.9 Å². The second-order valence-electron chi connectivity index (χ2n) is 8.61. The second-order valence-corrected chi connectivity index (χ2v) is 9.23. The number of rotatable bonds is 0. The first-order chi connectivity index (χ1) is 9.95. The van der Waals surface area contributed by atoms with E-state index in [0.717, 1.165) is 30.6 Å². The molecule has 0 N–H and O–H groups in total. The largest absolute Gasteiger partial charge is 0.295 e. The van der Waals surface area contributed by atoms with Gasteiger partial charge in [0.15, 0.2) is 5.78 Å². The molecule has 1 unspecified atom stereocenters. The molecule has 4 aliphatic carbocycles. The van der Waals surface area contributed by atoms with Crippen LogP contribution >= 0.6 is 12.6 Å². The van der Waals surface area contributed by atoms with Crippen molar-refractivity contribution in [2.24, 2.45) is 28.6 Å². The van der Waals surface area contributed by atoms with Crippen molar-refractivity contribution in [1.29, 1.82) is 0 Å². The molecule has 4 rings (SSSR count). The predicted molar refractivity (Wildman–Crippen MR) is 89.5 cm³/mol. The van der Waals surface area contributed by atoms with Crippen LogP contribution in [0.4, 0.5) is 0 Å². The lowest BCUT2D eigenvalue weighted by Gasteiger charge is -2.57. The molecule has 6 atom stereocenters. The molecule has 0 radical (unpaired) electrons. The number of ketones is 1. The lowest BCUT2D eigenvalue weighted by atomic mass is 9.47. The van der Waals surface area contributed by atoms with E-state index in [9.17, 15) is 4.79 Å². The molecule has 3 fully saturated rings. The Morgan fingerprint density at radius 1 is 1.05 bits per heavy atom. The van der Waals surface area contributed by atoms with Gasteiger partial charge in [0, 0.05) is 11.7 Å². The van der Waals surface area contributed by atoms with Crippen molar-refractivity contribution < 1.29 is 4.79 Å². The number of fused-ring (bicyclic) bond motifs is 5. The van der Waals surface area contributed by atoms with E-state index in [1.54, 1.807) is 0 Å². The summed E-state index contributed by atoms with van der Waals surface area (Å²) in [5.41, 5.74) is 2.29. The van der Waals surface area contributed by atoms with Crippen LogP contribution in [0.2, 0.25) is 0 Å². The number of carbonyl (C=O) groups excluding carboxylic acids is 1. The molecule has 0 saturated heterocycles. The quantitative estimate of drug-likeness (QED) is 0.635. The van der Waals surface area contributed by atoms with Crippen LogP contribution in [0.15, 0.2) is 11.6 Å². The van der Waals surface area contributed by atoms with E-state index in [1.807, 2.05) is 6.08 Å². The maximum Gasteiger partial charge on any atom is 0.155 e. The van der Waals surface area contributed by atoms with E-state index in [1.165, 1.54) is 44.1 Å². The molecule has 1 nitrogen and oxygen atoms in total. The van der Waals surface area contributed by atoms with Crippen LogP contribution in [0.5, 0.6) is 0 Å². The van der Waals surface area contributed by atoms with Crippen molar-refractivity contribution in [2.75, 3.05) is 0 Å². The van der Waals surface area contributed by atoms with Gasteiger partial charge in [-0.25, -0.2) is 0 Å². The van der Waals surface area contributed by atoms with Crippen molar-refractivity contribution in [3.8, 4) is 0 Å². The number of allylic oxidation sites excluding steroid dienone is 1. The van der Waals surface area contributed by atoms with Crippen LogP contribution < -0.4 is 0 Å². The van der Waals surface area contributed by atoms with Gasteiger partial charge in [-0.2, -0.15) is 12.6 Å². The Bertz CT molecular complexity index is 510. The normalized spacial score (nSPS) is 52.7. The van der Waals surface area contributed by atoms with Gasteiger partial charge < -0.3 is 0 Å². The molecule has 0 aromatic heterocycles. The minimum atomic E-state index is 0.326. The van der Waals surface area contributed by atoms with E-state index in [4.69, 9.17) is 12.6 Å². The van der Waals surface area contributed by atoms with Crippen molar-refractivity contribution in [2.45, 2.75) is 70.5 Å². The molecule has 0 spiro atoms. The Morgan fingerprint density at radius 3 is 2.67 bits per heavy atom. The third-order valence-corrected chi connectivity index (χ3v) is 8.76. The molecule has 3 saturated carbocycles. The Labute approximate surface area is 134 Å². The molecule has 0 aliphatic heterocycles. The molecule has 21 heavy (non-hydrogen) atoms. The Kier molecular flexibility index (Phi) is 3.17. The Balaban J connectivity index is 1.69. The molecular weight excluding hydrogens is 276 g/mol. The van der Waals surface area contributed by atoms with Gasteiger partial charge in [0.2, 0.25) is 0 Å². The van der Waals surface area contributed by atoms with Crippen LogP contribution in [0.1, 0.15) is 65.2 Å². The summed E-state index contributed by atoms with van der Waals surface area (Å²) in [5.74, 6) is 2.96. The second kappa shape index (κ2) is 4.63. The summed E-state index contributed by atoms with van der Waals surface area (Å²) in [5, 5.41) is 0.612. The van der Waals surface area contributed by atoms with E-state index >= 15 is 0 Å². The number of hydrogen-bond acceptors (Lipinski definition) is 2. The summed E-state index contributed by atoms with van der Waals surface area (Å²) in [6.07, 6.45) is 11.8. The molecular formula is C19H28OS. The molecule has 0 bridgehead atoms. The Morgan fingerprint density at radius 2 is 1.86 bits per heavy atom. The van der Waals surface area contributed by atoms with Crippen LogP contribution in [-0.2, 0) is 4.79 Å². The summed E-state index contributed by atoms with van der Waals surface area (Å²) in [4.78, 5) is 11.8. The molecule has 2 heteroatoms. The average Bonchev–Trinajstić information content (AvgIpc) is 2.76. The highest BCUT2D eigenvalue weighted by molar-refractivity contribution is 7.81. The highest BCUT2D eigenvalue weighted by Gasteiger charge is 2.58. The van der Waals surface area contributed by atoms with Gasteiger partial charge >= 0.3 is 0 Å². The van der Waals surface area contributed by atoms with Crippen LogP contribution in [0, 0.1) is 28.6 Å². The van der Waals surface area contributed by atoms with Gasteiger partial charge in [-0.05, 0) is 79.6 Å². The monoisotopic (exact) mass is 304 g/mol. The maximum absolute atomic E-state index is 11.8. The zero-order chi connectivity index (χ0) is 14.8. The summed E-state index contributed by atoms with van der Waals surface area (Å²) < 4.78 is 0. The summed E-state index contributed by atoms with van der Waals surface area (Å²) in [6, 6.07) is 0. The topological polar surface area (TPSA) is 17.1 Å². The van der Waals surface area contributed by atoms with Crippen LogP contribution in [-0.4, -0.2) is 11.0 Å². The van der Waals surface area contributed by atoms with Gasteiger partial charge in [-0.15, -0.1) is 0 Å². The SMILES string of the molecule is C[C@]12CCC(=O)C=C1CC[C@@H]1[C@@H]2CC[C@]2(C)C(S)CC[C@@H]12. The van der Waals surface area contributed by atoms with Crippen LogP contribution in [0.25, 0.3) is 0 Å². The average molecular weight is 304 g/mol. The van der Waals surface area contributed by atoms with Crippen molar-refractivity contribution in [3.05, 3.63) is 11.6 Å². The van der Waals surface area contributed by atoms with E-state index < -0.39 is 0 Å². The lowest BCUT2D eigenvalue weighted by Crippen LogP contribution is -2.50. The van der Waals surface area contributed by atoms with Gasteiger partial charge in [0.25, 0.3) is 0 Å². The molecule has 0 aromatic carbocycles. The highest BCUT2D eigenvalue weighted by atomic mass is 32.1. The predicted octanol–water partition coefficient (Wildman–Crippen LogP) is 4.82. The van der Waals surface area contributed by atoms with Crippen LogP contribution in [0.3, 0.4) is 0 Å². The van der Waals surface area contributed by atoms with Crippen molar-refractivity contribution >= 4 is 18.4 Å². The Hall–Kier alpha value is -0.240. The first kappa shape index (κ1) is 14.4. The summed E-state index contributed by atoms with van der Waals surface area (Å²) in [7, 11) is 0. The van der Waals surface area contributed by atoms with Gasteiger partial charge in [0.05, 0.1) is 0 Å². The highest BCUT2D eigenvalue weighted by Crippen LogP contribution is 2.65. The fourth-order valence-corrected chi connectivity index (χ4v) is 7.00. The summed E-state index contributed by atoms with van der Waals surface area (Å²) >= 11 is 4.93. The molecule has 4 aliphatic rings. The molecule has 0 heterocycles. The van der Waals surface area contributed by atoms with Gasteiger partial charge in [-0.3, -0.25) is 4.79 Å². The molecule has 116 valence electrons. The molecule has 0 amide bonds. The summed E-state index contributed by atoms with van der Waals surface area (Å²) in [6.45, 7) is 4.98. The number of carbonyl (C=O) groups is 1. The zero-order valence-electron chi connectivity index (χ0n) is 13.4.